The number of nitrogens with zero attached hydrogens (tertiary/aromatic N) is 2. The van der Waals surface area contributed by atoms with Crippen LogP contribution in [0.15, 0.2) is 4.79 Å². The standard InChI is InChI=1S/C4H4IN3OS/c1-2-3(9)6-4(10)8(5)7-2/h1H3,(H,6,9,10). The lowest BCUT2D eigenvalue weighted by Gasteiger charge is -1.93. The van der Waals surface area contributed by atoms with Crippen molar-refractivity contribution in [2.45, 2.75) is 6.92 Å². The Morgan fingerprint density at radius 2 is 2.40 bits per heavy atom. The second-order valence-corrected chi connectivity index (χ2v) is 3.01. The molecule has 6 heteroatoms. The SMILES string of the molecule is Cc1nn(I)c(=S)[nH]c1=O. The third-order valence-corrected chi connectivity index (χ3v) is 2.25. The number of H-pyrrole nitrogens is 1. The van der Waals surface area contributed by atoms with E-state index >= 15 is 0 Å². The van der Waals surface area contributed by atoms with Gasteiger partial charge in [0, 0.05) is 0 Å². The number of aromatic amines is 1. The van der Waals surface area contributed by atoms with Crippen LogP contribution < -0.4 is 5.56 Å². The van der Waals surface area contributed by atoms with E-state index in [2.05, 4.69) is 10.1 Å². The molecule has 10 heavy (non-hydrogen) atoms. The molecule has 0 atom stereocenters. The Kier molecular flexibility index (Phi) is 2.19. The van der Waals surface area contributed by atoms with E-state index in [-0.39, 0.29) is 5.56 Å². The van der Waals surface area contributed by atoms with Gasteiger partial charge in [0.1, 0.15) is 5.69 Å². The maximum atomic E-state index is 10.8. The Labute approximate surface area is 75.8 Å². The maximum Gasteiger partial charge on any atom is 0.273 e. The van der Waals surface area contributed by atoms with Gasteiger partial charge in [-0.2, -0.15) is 7.99 Å². The van der Waals surface area contributed by atoms with Gasteiger partial charge in [0.15, 0.2) is 0 Å². The number of rotatable bonds is 0. The number of nitrogens with one attached hydrogen (secondary N) is 1. The van der Waals surface area contributed by atoms with Gasteiger partial charge in [-0.3, -0.25) is 9.78 Å². The van der Waals surface area contributed by atoms with E-state index in [4.69, 9.17) is 12.2 Å². The minimum Gasteiger partial charge on any atom is -0.296 e. The van der Waals surface area contributed by atoms with E-state index in [9.17, 15) is 4.79 Å². The van der Waals surface area contributed by atoms with Crippen molar-refractivity contribution in [2.75, 3.05) is 0 Å². The summed E-state index contributed by atoms with van der Waals surface area (Å²) in [4.78, 5) is 13.2. The molecule has 0 saturated heterocycles. The van der Waals surface area contributed by atoms with Gasteiger partial charge in [-0.15, -0.1) is 0 Å². The lowest BCUT2D eigenvalue weighted by Crippen LogP contribution is -2.15. The van der Waals surface area contributed by atoms with E-state index in [1.165, 1.54) is 2.90 Å². The fourth-order valence-electron chi connectivity index (χ4n) is 0.456. The molecule has 4 nitrogen and oxygen atoms in total. The molecule has 1 rings (SSSR count). The fraction of sp³-hybridized carbons (Fsp3) is 0.250. The van der Waals surface area contributed by atoms with Gasteiger partial charge in [-0.25, -0.2) is 0 Å². The van der Waals surface area contributed by atoms with Crippen molar-refractivity contribution in [1.82, 2.24) is 13.0 Å². The molecule has 0 aliphatic heterocycles. The van der Waals surface area contributed by atoms with Crippen LogP contribution in [0.5, 0.6) is 0 Å². The molecule has 0 fully saturated rings. The Hall–Kier alpha value is -0.240. The van der Waals surface area contributed by atoms with E-state index in [0.717, 1.165) is 0 Å². The topological polar surface area (TPSA) is 50.7 Å². The summed E-state index contributed by atoms with van der Waals surface area (Å²) in [6.45, 7) is 1.63. The minimum atomic E-state index is -0.224. The van der Waals surface area contributed by atoms with Gasteiger partial charge in [0.2, 0.25) is 4.77 Å². The molecule has 1 aromatic rings. The summed E-state index contributed by atoms with van der Waals surface area (Å²) >= 11 is 6.64. The van der Waals surface area contributed by atoms with Gasteiger partial charge in [-0.1, -0.05) is 0 Å². The Balaban J connectivity index is 3.59. The zero-order valence-corrected chi connectivity index (χ0v) is 8.06. The van der Waals surface area contributed by atoms with Crippen LogP contribution in [0.2, 0.25) is 0 Å². The average Bonchev–Trinajstić information content (AvgIpc) is 1.84. The molecule has 0 amide bonds. The molecule has 0 aliphatic carbocycles. The fourth-order valence-corrected chi connectivity index (χ4v) is 1.03. The molecule has 0 aliphatic rings. The lowest BCUT2D eigenvalue weighted by molar-refractivity contribution is 0.860. The van der Waals surface area contributed by atoms with Crippen molar-refractivity contribution in [3.8, 4) is 0 Å². The van der Waals surface area contributed by atoms with Crippen LogP contribution >= 0.6 is 35.1 Å². The third kappa shape index (κ3) is 1.43. The first-order valence-electron chi connectivity index (χ1n) is 2.47. The van der Waals surface area contributed by atoms with Crippen molar-refractivity contribution in [2.24, 2.45) is 0 Å². The predicted octanol–water partition coefficient (Wildman–Crippen LogP) is 0.807. The first kappa shape index (κ1) is 7.86. The van der Waals surface area contributed by atoms with E-state index in [0.29, 0.717) is 10.5 Å². The number of hydrogen-bond donors (Lipinski definition) is 1. The predicted molar refractivity (Wildman–Crippen MR) is 47.8 cm³/mol. The highest BCUT2D eigenvalue weighted by atomic mass is 127. The summed E-state index contributed by atoms with van der Waals surface area (Å²) in [5.41, 5.74) is 0.195. The highest BCUT2D eigenvalue weighted by molar-refractivity contribution is 14.1. The smallest absolute Gasteiger partial charge is 0.273 e. The molecule has 1 N–H and O–H groups in total. The molecule has 0 spiro atoms. The molecule has 0 aromatic carbocycles. The summed E-state index contributed by atoms with van der Waals surface area (Å²) < 4.78 is 1.75. The Morgan fingerprint density at radius 3 is 2.90 bits per heavy atom. The van der Waals surface area contributed by atoms with E-state index < -0.39 is 0 Å². The molecule has 54 valence electrons. The van der Waals surface area contributed by atoms with Crippen LogP contribution in [0.3, 0.4) is 0 Å². The highest BCUT2D eigenvalue weighted by Gasteiger charge is 1.94. The third-order valence-electron chi connectivity index (χ3n) is 0.954. The van der Waals surface area contributed by atoms with Crippen molar-refractivity contribution >= 4 is 35.1 Å². The normalized spacial score (nSPS) is 9.80. The van der Waals surface area contributed by atoms with Crippen molar-refractivity contribution in [1.29, 1.82) is 0 Å². The zero-order valence-electron chi connectivity index (χ0n) is 5.09. The van der Waals surface area contributed by atoms with Crippen molar-refractivity contribution in [3.05, 3.63) is 20.8 Å². The molecular formula is C4H4IN3OS. The monoisotopic (exact) mass is 269 g/mol. The minimum absolute atomic E-state index is 0.224. The number of halogens is 1. The molecule has 1 aromatic heterocycles. The Morgan fingerprint density at radius 1 is 1.80 bits per heavy atom. The largest absolute Gasteiger partial charge is 0.296 e. The van der Waals surface area contributed by atoms with Gasteiger partial charge in [-0.05, 0) is 19.1 Å². The molecule has 0 radical (unpaired) electrons. The highest BCUT2D eigenvalue weighted by Crippen LogP contribution is 1.89. The second-order valence-electron chi connectivity index (χ2n) is 1.70. The van der Waals surface area contributed by atoms with Crippen LogP contribution in [0, 0.1) is 11.7 Å². The van der Waals surface area contributed by atoms with Crippen LogP contribution in [0.4, 0.5) is 0 Å². The van der Waals surface area contributed by atoms with Gasteiger partial charge < -0.3 is 0 Å². The van der Waals surface area contributed by atoms with Crippen LogP contribution in [-0.4, -0.2) is 13.0 Å². The van der Waals surface area contributed by atoms with Crippen LogP contribution in [0.1, 0.15) is 5.69 Å². The lowest BCUT2D eigenvalue weighted by atomic mass is 10.5. The van der Waals surface area contributed by atoms with Crippen LogP contribution in [0.25, 0.3) is 0 Å². The van der Waals surface area contributed by atoms with E-state index in [1.807, 2.05) is 22.9 Å². The first-order chi connectivity index (χ1) is 4.61. The Bertz CT molecular complexity index is 323. The molecular weight excluding hydrogens is 265 g/mol. The quantitative estimate of drug-likeness (QED) is 0.560. The van der Waals surface area contributed by atoms with Crippen molar-refractivity contribution in [3.63, 3.8) is 0 Å². The zero-order chi connectivity index (χ0) is 7.72. The number of aromatic nitrogens is 3. The summed E-state index contributed by atoms with van der Waals surface area (Å²) in [6.07, 6.45) is 0. The molecule has 0 bridgehead atoms. The van der Waals surface area contributed by atoms with E-state index in [1.54, 1.807) is 6.92 Å². The van der Waals surface area contributed by atoms with Gasteiger partial charge >= 0.3 is 0 Å². The second kappa shape index (κ2) is 2.79. The molecule has 0 unspecified atom stereocenters. The number of aryl methyl sites for hydroxylation is 1. The average molecular weight is 269 g/mol. The molecule has 0 saturated carbocycles. The molecule has 1 heterocycles. The number of hydrogen-bond acceptors (Lipinski definition) is 3. The summed E-state index contributed by atoms with van der Waals surface area (Å²) in [5.74, 6) is 0. The summed E-state index contributed by atoms with van der Waals surface area (Å²) in [6, 6.07) is 0. The van der Waals surface area contributed by atoms with Crippen molar-refractivity contribution < 1.29 is 0 Å². The summed E-state index contributed by atoms with van der Waals surface area (Å²) in [5, 5.41) is 3.83. The van der Waals surface area contributed by atoms with Gasteiger partial charge in [0.25, 0.3) is 5.56 Å². The van der Waals surface area contributed by atoms with Crippen LogP contribution in [-0.2, 0) is 0 Å². The van der Waals surface area contributed by atoms with Gasteiger partial charge in [0.05, 0.1) is 22.9 Å². The maximum absolute atomic E-state index is 10.8. The first-order valence-corrected chi connectivity index (χ1v) is 3.85. The summed E-state index contributed by atoms with van der Waals surface area (Å²) in [7, 11) is 0.